The highest BCUT2D eigenvalue weighted by Crippen LogP contribution is 2.28. The summed E-state index contributed by atoms with van der Waals surface area (Å²) in [6, 6.07) is 18.3. The zero-order chi connectivity index (χ0) is 23.1. The predicted octanol–water partition coefficient (Wildman–Crippen LogP) is 3.59. The van der Waals surface area contributed by atoms with Gasteiger partial charge in [0, 0.05) is 23.4 Å². The SMILES string of the molecule is O=C(Nc1cccc([N+](=O)[O-])c1)c1ccc(N2C(=O)c3nc4ccccc4nc3C2=O)cc1. The molecule has 0 fully saturated rings. The molecular weight excluding hydrogens is 426 g/mol. The van der Waals surface area contributed by atoms with Crippen LogP contribution in [0.2, 0.25) is 0 Å². The number of carbonyl (C=O) groups excluding carboxylic acids is 3. The molecule has 0 saturated carbocycles. The number of nitrogens with one attached hydrogen (secondary N) is 1. The van der Waals surface area contributed by atoms with Gasteiger partial charge in [-0.05, 0) is 42.5 Å². The summed E-state index contributed by atoms with van der Waals surface area (Å²) >= 11 is 0. The molecule has 1 N–H and O–H groups in total. The van der Waals surface area contributed by atoms with Crippen LogP contribution in [0.15, 0.2) is 72.8 Å². The molecule has 0 saturated heterocycles. The fourth-order valence-corrected chi connectivity index (χ4v) is 3.50. The molecule has 10 heteroatoms. The van der Waals surface area contributed by atoms with E-state index in [1.807, 2.05) is 0 Å². The number of fused-ring (bicyclic) bond motifs is 2. The van der Waals surface area contributed by atoms with Crippen LogP contribution in [-0.2, 0) is 0 Å². The lowest BCUT2D eigenvalue weighted by molar-refractivity contribution is -0.384. The number of imide groups is 1. The second-order valence-electron chi connectivity index (χ2n) is 7.16. The first-order valence-electron chi connectivity index (χ1n) is 9.74. The van der Waals surface area contributed by atoms with Crippen molar-refractivity contribution in [3.63, 3.8) is 0 Å². The van der Waals surface area contributed by atoms with Gasteiger partial charge in [0.15, 0.2) is 11.4 Å². The third-order valence-corrected chi connectivity index (χ3v) is 5.08. The topological polar surface area (TPSA) is 135 Å². The van der Waals surface area contributed by atoms with E-state index in [0.29, 0.717) is 11.0 Å². The smallest absolute Gasteiger partial charge is 0.286 e. The molecule has 0 radical (unpaired) electrons. The number of hydrogen-bond acceptors (Lipinski definition) is 7. The van der Waals surface area contributed by atoms with Gasteiger partial charge in [0.2, 0.25) is 0 Å². The number of non-ortho nitro benzene ring substituents is 1. The van der Waals surface area contributed by atoms with Crippen molar-refractivity contribution < 1.29 is 19.3 Å². The van der Waals surface area contributed by atoms with Crippen molar-refractivity contribution in [3.05, 3.63) is 99.9 Å². The molecule has 1 aromatic heterocycles. The molecule has 1 aliphatic heterocycles. The Labute approximate surface area is 185 Å². The summed E-state index contributed by atoms with van der Waals surface area (Å²) in [5, 5.41) is 13.5. The highest BCUT2D eigenvalue weighted by Gasteiger charge is 2.40. The van der Waals surface area contributed by atoms with Crippen molar-refractivity contribution in [2.75, 3.05) is 10.2 Å². The zero-order valence-electron chi connectivity index (χ0n) is 16.8. The van der Waals surface area contributed by atoms with Crippen LogP contribution >= 0.6 is 0 Å². The van der Waals surface area contributed by atoms with Crippen molar-refractivity contribution in [1.82, 2.24) is 9.97 Å². The summed E-state index contributed by atoms with van der Waals surface area (Å²) in [5.74, 6) is -1.69. The van der Waals surface area contributed by atoms with Gasteiger partial charge in [0.05, 0.1) is 21.6 Å². The molecular formula is C23H13N5O5. The van der Waals surface area contributed by atoms with E-state index in [-0.39, 0.29) is 34.0 Å². The monoisotopic (exact) mass is 439 g/mol. The van der Waals surface area contributed by atoms with Crippen LogP contribution < -0.4 is 10.2 Å². The van der Waals surface area contributed by atoms with Gasteiger partial charge in [0.1, 0.15) is 0 Å². The molecule has 160 valence electrons. The summed E-state index contributed by atoms with van der Waals surface area (Å²) in [6.45, 7) is 0. The van der Waals surface area contributed by atoms with Crippen LogP contribution in [0.25, 0.3) is 11.0 Å². The van der Waals surface area contributed by atoms with Gasteiger partial charge in [-0.15, -0.1) is 0 Å². The van der Waals surface area contributed by atoms with Crippen LogP contribution in [0.1, 0.15) is 31.3 Å². The molecule has 4 aromatic rings. The Hall–Kier alpha value is -4.99. The summed E-state index contributed by atoms with van der Waals surface area (Å²) < 4.78 is 0. The Bertz CT molecular complexity index is 1430. The maximum Gasteiger partial charge on any atom is 0.286 e. The van der Waals surface area contributed by atoms with Crippen molar-refractivity contribution in [2.24, 2.45) is 0 Å². The van der Waals surface area contributed by atoms with E-state index in [1.165, 1.54) is 48.5 Å². The van der Waals surface area contributed by atoms with Crippen molar-refractivity contribution in [3.8, 4) is 0 Å². The summed E-state index contributed by atoms with van der Waals surface area (Å²) in [5.41, 5.74) is 1.59. The average Bonchev–Trinajstić information content (AvgIpc) is 3.07. The maximum atomic E-state index is 12.9. The van der Waals surface area contributed by atoms with E-state index in [2.05, 4.69) is 15.3 Å². The molecule has 0 spiro atoms. The highest BCUT2D eigenvalue weighted by atomic mass is 16.6. The normalized spacial score (nSPS) is 12.7. The lowest BCUT2D eigenvalue weighted by atomic mass is 10.1. The lowest BCUT2D eigenvalue weighted by Gasteiger charge is -2.13. The molecule has 5 rings (SSSR count). The molecule has 1 aliphatic rings. The first-order chi connectivity index (χ1) is 15.9. The Morgan fingerprint density at radius 3 is 2.03 bits per heavy atom. The number of aromatic nitrogens is 2. The first kappa shape index (κ1) is 19.9. The Morgan fingerprint density at radius 1 is 0.848 bits per heavy atom. The quantitative estimate of drug-likeness (QED) is 0.292. The molecule has 3 aromatic carbocycles. The predicted molar refractivity (Wildman–Crippen MR) is 118 cm³/mol. The molecule has 10 nitrogen and oxygen atoms in total. The molecule has 2 heterocycles. The number of nitrogens with zero attached hydrogens (tertiary/aromatic N) is 4. The minimum atomic E-state index is -0.595. The molecule has 3 amide bonds. The van der Waals surface area contributed by atoms with E-state index < -0.39 is 22.6 Å². The minimum Gasteiger partial charge on any atom is -0.322 e. The van der Waals surface area contributed by atoms with Gasteiger partial charge >= 0.3 is 0 Å². The number of nitro benzene ring substituents is 1. The highest BCUT2D eigenvalue weighted by molar-refractivity contribution is 6.33. The Morgan fingerprint density at radius 2 is 1.45 bits per heavy atom. The van der Waals surface area contributed by atoms with E-state index in [4.69, 9.17) is 0 Å². The third kappa shape index (κ3) is 3.45. The van der Waals surface area contributed by atoms with E-state index in [9.17, 15) is 24.5 Å². The standard InChI is InChI=1S/C23H13N5O5/c29-21(24-14-4-3-5-16(12-14)28(32)33)13-8-10-15(11-9-13)27-22(30)19-20(23(27)31)26-18-7-2-1-6-17(18)25-19/h1-12H,(H,24,29). The van der Waals surface area contributed by atoms with Gasteiger partial charge in [-0.3, -0.25) is 24.5 Å². The van der Waals surface area contributed by atoms with Crippen molar-refractivity contribution >= 4 is 45.8 Å². The number of amides is 3. The first-order valence-corrected chi connectivity index (χ1v) is 9.74. The van der Waals surface area contributed by atoms with Crippen LogP contribution in [0.3, 0.4) is 0 Å². The molecule has 0 atom stereocenters. The summed E-state index contributed by atoms with van der Waals surface area (Å²) in [6.07, 6.45) is 0. The number of hydrogen-bond donors (Lipinski definition) is 1. The fourth-order valence-electron chi connectivity index (χ4n) is 3.50. The largest absolute Gasteiger partial charge is 0.322 e. The van der Waals surface area contributed by atoms with Gasteiger partial charge in [-0.1, -0.05) is 18.2 Å². The molecule has 0 bridgehead atoms. The number of benzene rings is 3. The van der Waals surface area contributed by atoms with E-state index in [1.54, 1.807) is 24.3 Å². The zero-order valence-corrected chi connectivity index (χ0v) is 16.8. The average molecular weight is 439 g/mol. The second kappa shape index (κ2) is 7.61. The van der Waals surface area contributed by atoms with Gasteiger partial charge in [-0.2, -0.15) is 0 Å². The van der Waals surface area contributed by atoms with Crippen molar-refractivity contribution in [1.29, 1.82) is 0 Å². The fraction of sp³-hybridized carbons (Fsp3) is 0. The number of carbonyl (C=O) groups is 3. The van der Waals surface area contributed by atoms with E-state index >= 15 is 0 Å². The number of para-hydroxylation sites is 2. The molecule has 0 unspecified atom stereocenters. The number of nitro groups is 1. The third-order valence-electron chi connectivity index (χ3n) is 5.08. The minimum absolute atomic E-state index is 0.0220. The number of rotatable bonds is 4. The molecule has 33 heavy (non-hydrogen) atoms. The van der Waals surface area contributed by atoms with Crippen LogP contribution in [0, 0.1) is 10.1 Å². The van der Waals surface area contributed by atoms with Crippen LogP contribution in [0.4, 0.5) is 17.1 Å². The number of anilines is 2. The Balaban J connectivity index is 1.39. The van der Waals surface area contributed by atoms with Crippen LogP contribution in [0.5, 0.6) is 0 Å². The van der Waals surface area contributed by atoms with Crippen molar-refractivity contribution in [2.45, 2.75) is 0 Å². The van der Waals surface area contributed by atoms with E-state index in [0.717, 1.165) is 4.90 Å². The summed E-state index contributed by atoms with van der Waals surface area (Å²) in [7, 11) is 0. The van der Waals surface area contributed by atoms with Gasteiger partial charge in [0.25, 0.3) is 23.4 Å². The molecule has 0 aliphatic carbocycles. The second-order valence-corrected chi connectivity index (χ2v) is 7.16. The lowest BCUT2D eigenvalue weighted by Crippen LogP contribution is -2.29. The van der Waals surface area contributed by atoms with Crippen LogP contribution in [-0.4, -0.2) is 32.6 Å². The Kier molecular flexibility index (Phi) is 4.60. The van der Waals surface area contributed by atoms with Gasteiger partial charge < -0.3 is 5.32 Å². The summed E-state index contributed by atoms with van der Waals surface area (Å²) in [4.78, 5) is 58.1. The van der Waals surface area contributed by atoms with Gasteiger partial charge in [-0.25, -0.2) is 14.9 Å². The maximum absolute atomic E-state index is 12.9.